The lowest BCUT2D eigenvalue weighted by atomic mass is 10.1. The summed E-state index contributed by atoms with van der Waals surface area (Å²) in [5.74, 6) is 0.197. The highest BCUT2D eigenvalue weighted by Crippen LogP contribution is 2.35. The molecule has 0 spiro atoms. The number of hydrogen-bond donors (Lipinski definition) is 2. The standard InChI is InChI=1S/C15H21N3O/c16-7-6-10-4-5-13-11(8-10)9-15(19)18(13)14-3-1-2-12(14)17/h4-5,8,12,14H,1-3,6-7,9,16-17H2. The molecule has 4 nitrogen and oxygen atoms in total. The van der Waals surface area contributed by atoms with Crippen LogP contribution in [0.15, 0.2) is 18.2 Å². The smallest absolute Gasteiger partial charge is 0.231 e. The van der Waals surface area contributed by atoms with Crippen LogP contribution in [0.2, 0.25) is 0 Å². The van der Waals surface area contributed by atoms with E-state index in [9.17, 15) is 4.79 Å². The third-order valence-corrected chi connectivity index (χ3v) is 4.31. The van der Waals surface area contributed by atoms with Gasteiger partial charge >= 0.3 is 0 Å². The Hall–Kier alpha value is -1.39. The summed E-state index contributed by atoms with van der Waals surface area (Å²) in [5.41, 5.74) is 15.1. The van der Waals surface area contributed by atoms with E-state index in [1.165, 1.54) is 5.56 Å². The van der Waals surface area contributed by atoms with Gasteiger partial charge in [0.25, 0.3) is 0 Å². The van der Waals surface area contributed by atoms with Crippen LogP contribution in [-0.2, 0) is 17.6 Å². The molecule has 4 heteroatoms. The van der Waals surface area contributed by atoms with Crippen molar-refractivity contribution >= 4 is 11.6 Å². The van der Waals surface area contributed by atoms with E-state index in [-0.39, 0.29) is 18.0 Å². The Morgan fingerprint density at radius 2 is 2.16 bits per heavy atom. The Balaban J connectivity index is 1.91. The number of fused-ring (bicyclic) bond motifs is 1. The average Bonchev–Trinajstić information content (AvgIpc) is 2.92. The first-order valence-corrected chi connectivity index (χ1v) is 7.10. The summed E-state index contributed by atoms with van der Waals surface area (Å²) in [6, 6.07) is 6.59. The fourth-order valence-corrected chi connectivity index (χ4v) is 3.37. The molecule has 0 saturated heterocycles. The molecule has 2 atom stereocenters. The van der Waals surface area contributed by atoms with Gasteiger partial charge in [-0.05, 0) is 49.4 Å². The van der Waals surface area contributed by atoms with E-state index >= 15 is 0 Å². The molecule has 1 fully saturated rings. The predicted octanol–water partition coefficient (Wildman–Crippen LogP) is 0.957. The molecule has 2 unspecified atom stereocenters. The molecule has 1 aliphatic heterocycles. The molecule has 1 aromatic carbocycles. The minimum Gasteiger partial charge on any atom is -0.330 e. The van der Waals surface area contributed by atoms with Crippen molar-refractivity contribution in [2.75, 3.05) is 11.4 Å². The van der Waals surface area contributed by atoms with Crippen molar-refractivity contribution in [1.82, 2.24) is 0 Å². The minimum atomic E-state index is 0.124. The number of carbonyl (C=O) groups excluding carboxylic acids is 1. The van der Waals surface area contributed by atoms with E-state index in [4.69, 9.17) is 11.5 Å². The SMILES string of the molecule is NCCc1ccc2c(c1)CC(=O)N2C1CCCC1N. The quantitative estimate of drug-likeness (QED) is 0.849. The Bertz CT molecular complexity index is 500. The summed E-state index contributed by atoms with van der Waals surface area (Å²) in [5, 5.41) is 0. The molecule has 0 radical (unpaired) electrons. The highest BCUT2D eigenvalue weighted by atomic mass is 16.2. The summed E-state index contributed by atoms with van der Waals surface area (Å²) >= 11 is 0. The number of carbonyl (C=O) groups is 1. The van der Waals surface area contributed by atoms with E-state index < -0.39 is 0 Å². The molecule has 1 heterocycles. The number of hydrogen-bond acceptors (Lipinski definition) is 3. The van der Waals surface area contributed by atoms with Gasteiger partial charge in [-0.15, -0.1) is 0 Å². The second-order valence-electron chi connectivity index (χ2n) is 5.60. The lowest BCUT2D eigenvalue weighted by Gasteiger charge is -2.28. The van der Waals surface area contributed by atoms with E-state index in [2.05, 4.69) is 18.2 Å². The number of benzene rings is 1. The van der Waals surface area contributed by atoms with Gasteiger partial charge in [0, 0.05) is 11.7 Å². The Morgan fingerprint density at radius 3 is 2.84 bits per heavy atom. The topological polar surface area (TPSA) is 72.4 Å². The maximum atomic E-state index is 12.3. The summed E-state index contributed by atoms with van der Waals surface area (Å²) in [6.07, 6.45) is 4.55. The van der Waals surface area contributed by atoms with Gasteiger partial charge < -0.3 is 16.4 Å². The Labute approximate surface area is 113 Å². The fourth-order valence-electron chi connectivity index (χ4n) is 3.37. The Kier molecular flexibility index (Phi) is 3.29. The minimum absolute atomic E-state index is 0.124. The van der Waals surface area contributed by atoms with Gasteiger partial charge in [-0.25, -0.2) is 0 Å². The van der Waals surface area contributed by atoms with Crippen LogP contribution in [0.25, 0.3) is 0 Å². The van der Waals surface area contributed by atoms with Crippen LogP contribution in [-0.4, -0.2) is 24.5 Å². The molecule has 2 aliphatic rings. The number of anilines is 1. The van der Waals surface area contributed by atoms with Crippen molar-refractivity contribution in [2.24, 2.45) is 11.5 Å². The van der Waals surface area contributed by atoms with Crippen molar-refractivity contribution in [3.63, 3.8) is 0 Å². The van der Waals surface area contributed by atoms with Gasteiger partial charge in [-0.1, -0.05) is 12.1 Å². The van der Waals surface area contributed by atoms with Crippen LogP contribution in [0, 0.1) is 0 Å². The molecule has 1 aromatic rings. The first-order chi connectivity index (χ1) is 9.20. The van der Waals surface area contributed by atoms with Gasteiger partial charge in [0.05, 0.1) is 12.5 Å². The molecule has 3 rings (SSSR count). The van der Waals surface area contributed by atoms with Crippen LogP contribution in [0.4, 0.5) is 5.69 Å². The third kappa shape index (κ3) is 2.15. The highest BCUT2D eigenvalue weighted by molar-refractivity contribution is 6.02. The van der Waals surface area contributed by atoms with Gasteiger partial charge in [0.2, 0.25) is 5.91 Å². The second-order valence-corrected chi connectivity index (χ2v) is 5.60. The van der Waals surface area contributed by atoms with E-state index in [0.29, 0.717) is 13.0 Å². The van der Waals surface area contributed by atoms with Crippen LogP contribution in [0.5, 0.6) is 0 Å². The molecule has 1 amide bonds. The summed E-state index contributed by atoms with van der Waals surface area (Å²) in [6.45, 7) is 0.643. The second kappa shape index (κ2) is 4.94. The maximum Gasteiger partial charge on any atom is 0.231 e. The van der Waals surface area contributed by atoms with Gasteiger partial charge in [0.15, 0.2) is 0 Å². The van der Waals surface area contributed by atoms with Crippen LogP contribution >= 0.6 is 0 Å². The zero-order chi connectivity index (χ0) is 13.4. The molecule has 1 saturated carbocycles. The van der Waals surface area contributed by atoms with E-state index in [1.54, 1.807) is 0 Å². The number of rotatable bonds is 3. The first kappa shape index (κ1) is 12.6. The fraction of sp³-hybridized carbons (Fsp3) is 0.533. The molecular weight excluding hydrogens is 238 g/mol. The molecule has 1 aliphatic carbocycles. The van der Waals surface area contributed by atoms with Gasteiger partial charge in [0.1, 0.15) is 0 Å². The molecule has 102 valence electrons. The van der Waals surface area contributed by atoms with Gasteiger partial charge in [-0.3, -0.25) is 4.79 Å². The van der Waals surface area contributed by atoms with E-state index in [0.717, 1.165) is 36.9 Å². The lowest BCUT2D eigenvalue weighted by molar-refractivity contribution is -0.117. The van der Waals surface area contributed by atoms with Gasteiger partial charge in [-0.2, -0.15) is 0 Å². The van der Waals surface area contributed by atoms with Crippen molar-refractivity contribution in [2.45, 2.75) is 44.2 Å². The summed E-state index contributed by atoms with van der Waals surface area (Å²) < 4.78 is 0. The maximum absolute atomic E-state index is 12.3. The molecular formula is C15H21N3O. The van der Waals surface area contributed by atoms with Crippen molar-refractivity contribution < 1.29 is 4.79 Å². The molecule has 0 aromatic heterocycles. The van der Waals surface area contributed by atoms with Crippen molar-refractivity contribution in [1.29, 1.82) is 0 Å². The highest BCUT2D eigenvalue weighted by Gasteiger charge is 2.38. The summed E-state index contributed by atoms with van der Waals surface area (Å²) in [7, 11) is 0. The van der Waals surface area contributed by atoms with Crippen LogP contribution in [0.3, 0.4) is 0 Å². The summed E-state index contributed by atoms with van der Waals surface area (Å²) in [4.78, 5) is 14.2. The van der Waals surface area contributed by atoms with Crippen LogP contribution < -0.4 is 16.4 Å². The Morgan fingerprint density at radius 1 is 1.32 bits per heavy atom. The first-order valence-electron chi connectivity index (χ1n) is 7.10. The zero-order valence-electron chi connectivity index (χ0n) is 11.1. The number of amides is 1. The van der Waals surface area contributed by atoms with Crippen molar-refractivity contribution in [3.05, 3.63) is 29.3 Å². The molecule has 4 N–H and O–H groups in total. The lowest BCUT2D eigenvalue weighted by Crippen LogP contribution is -2.46. The third-order valence-electron chi connectivity index (χ3n) is 4.31. The average molecular weight is 259 g/mol. The monoisotopic (exact) mass is 259 g/mol. The zero-order valence-corrected chi connectivity index (χ0v) is 11.1. The molecule has 19 heavy (non-hydrogen) atoms. The van der Waals surface area contributed by atoms with E-state index in [1.807, 2.05) is 4.90 Å². The molecule has 0 bridgehead atoms. The number of nitrogens with zero attached hydrogens (tertiary/aromatic N) is 1. The predicted molar refractivity (Wildman–Crippen MR) is 76.0 cm³/mol. The van der Waals surface area contributed by atoms with Crippen LogP contribution in [0.1, 0.15) is 30.4 Å². The largest absolute Gasteiger partial charge is 0.330 e. The van der Waals surface area contributed by atoms with Crippen molar-refractivity contribution in [3.8, 4) is 0 Å². The number of nitrogens with two attached hydrogens (primary N) is 2. The normalized spacial score (nSPS) is 26.0.